The van der Waals surface area contributed by atoms with Crippen molar-refractivity contribution in [3.8, 4) is 17.2 Å². The van der Waals surface area contributed by atoms with E-state index in [2.05, 4.69) is 12.3 Å². The molecule has 0 saturated heterocycles. The van der Waals surface area contributed by atoms with E-state index >= 15 is 0 Å². The highest BCUT2D eigenvalue weighted by Crippen LogP contribution is 2.42. The van der Waals surface area contributed by atoms with Gasteiger partial charge in [0.15, 0.2) is 11.5 Å². The zero-order chi connectivity index (χ0) is 13.5. The lowest BCUT2D eigenvalue weighted by Crippen LogP contribution is -2.28. The van der Waals surface area contributed by atoms with E-state index in [-0.39, 0.29) is 6.04 Å². The van der Waals surface area contributed by atoms with Gasteiger partial charge in [-0.25, -0.2) is 0 Å². The van der Waals surface area contributed by atoms with E-state index in [4.69, 9.17) is 20.1 Å². The molecule has 1 unspecified atom stereocenters. The van der Waals surface area contributed by atoms with Crippen LogP contribution in [-0.4, -0.2) is 21.3 Å². The number of nitrogens with two attached hydrogens (primary N) is 1. The maximum atomic E-state index is 5.60. The molecule has 5 nitrogen and oxygen atoms in total. The van der Waals surface area contributed by atoms with Crippen molar-refractivity contribution in [2.75, 3.05) is 21.3 Å². The molecule has 0 spiro atoms. The Morgan fingerprint density at radius 1 is 1.11 bits per heavy atom. The van der Waals surface area contributed by atoms with Crippen LogP contribution in [0.5, 0.6) is 17.2 Å². The van der Waals surface area contributed by atoms with Crippen molar-refractivity contribution in [1.29, 1.82) is 0 Å². The van der Waals surface area contributed by atoms with Crippen molar-refractivity contribution in [2.45, 2.75) is 25.8 Å². The second kappa shape index (κ2) is 7.08. The summed E-state index contributed by atoms with van der Waals surface area (Å²) in [5.41, 5.74) is 3.78. The third kappa shape index (κ3) is 2.86. The maximum Gasteiger partial charge on any atom is 0.203 e. The monoisotopic (exact) mass is 254 g/mol. The summed E-state index contributed by atoms with van der Waals surface area (Å²) >= 11 is 0. The van der Waals surface area contributed by atoms with E-state index < -0.39 is 0 Å². The number of rotatable bonds is 7. The summed E-state index contributed by atoms with van der Waals surface area (Å²) in [6.07, 6.45) is 1.94. The molecule has 0 heterocycles. The van der Waals surface area contributed by atoms with Gasteiger partial charge < -0.3 is 14.2 Å². The van der Waals surface area contributed by atoms with Crippen LogP contribution in [0.4, 0.5) is 0 Å². The summed E-state index contributed by atoms with van der Waals surface area (Å²) in [4.78, 5) is 0. The van der Waals surface area contributed by atoms with E-state index in [9.17, 15) is 0 Å². The molecule has 0 aromatic heterocycles. The van der Waals surface area contributed by atoms with Gasteiger partial charge in [0, 0.05) is 11.6 Å². The summed E-state index contributed by atoms with van der Waals surface area (Å²) < 4.78 is 16.0. The third-order valence-corrected chi connectivity index (χ3v) is 2.89. The molecule has 0 aliphatic heterocycles. The van der Waals surface area contributed by atoms with Crippen LogP contribution in [0.25, 0.3) is 0 Å². The molecule has 3 N–H and O–H groups in total. The Kier molecular flexibility index (Phi) is 5.74. The van der Waals surface area contributed by atoms with Crippen LogP contribution in [0.2, 0.25) is 0 Å². The van der Waals surface area contributed by atoms with Crippen molar-refractivity contribution in [1.82, 2.24) is 5.43 Å². The Hall–Kier alpha value is -1.46. The zero-order valence-electron chi connectivity index (χ0n) is 11.4. The van der Waals surface area contributed by atoms with Gasteiger partial charge in [-0.3, -0.25) is 11.3 Å². The summed E-state index contributed by atoms with van der Waals surface area (Å²) in [6.45, 7) is 2.11. The molecule has 1 rings (SSSR count). The summed E-state index contributed by atoms with van der Waals surface area (Å²) in [6, 6.07) is 3.83. The fourth-order valence-corrected chi connectivity index (χ4v) is 2.02. The molecule has 102 valence electrons. The molecule has 18 heavy (non-hydrogen) atoms. The molecule has 0 aliphatic carbocycles. The van der Waals surface area contributed by atoms with Gasteiger partial charge in [-0.1, -0.05) is 13.3 Å². The predicted molar refractivity (Wildman–Crippen MR) is 71.1 cm³/mol. The second-order valence-electron chi connectivity index (χ2n) is 3.93. The lowest BCUT2D eigenvalue weighted by molar-refractivity contribution is 0.318. The second-order valence-corrected chi connectivity index (χ2v) is 3.93. The van der Waals surface area contributed by atoms with E-state index in [1.54, 1.807) is 21.3 Å². The number of benzene rings is 1. The first-order valence-electron chi connectivity index (χ1n) is 5.98. The van der Waals surface area contributed by atoms with Crippen LogP contribution < -0.4 is 25.5 Å². The number of hydrazine groups is 1. The minimum atomic E-state index is 0.0322. The summed E-state index contributed by atoms with van der Waals surface area (Å²) in [5.74, 6) is 7.49. The van der Waals surface area contributed by atoms with E-state index in [0.29, 0.717) is 17.2 Å². The predicted octanol–water partition coefficient (Wildman–Crippen LogP) is 2.02. The standard InChI is InChI=1S/C13H22N2O3/c1-5-6-10(15-14)9-7-8-11(16-2)13(18-4)12(9)17-3/h7-8,10,15H,5-6,14H2,1-4H3. The van der Waals surface area contributed by atoms with Crippen molar-refractivity contribution >= 4 is 0 Å². The Morgan fingerprint density at radius 2 is 1.78 bits per heavy atom. The lowest BCUT2D eigenvalue weighted by atomic mass is 10.0. The Bertz CT molecular complexity index is 383. The van der Waals surface area contributed by atoms with Crippen LogP contribution in [0.3, 0.4) is 0 Å². The lowest BCUT2D eigenvalue weighted by Gasteiger charge is -2.21. The van der Waals surface area contributed by atoms with E-state index in [1.165, 1.54) is 0 Å². The molecule has 1 aromatic carbocycles. The fourth-order valence-electron chi connectivity index (χ4n) is 2.02. The Labute approximate surface area is 108 Å². The number of hydrogen-bond donors (Lipinski definition) is 2. The molecule has 1 aromatic rings. The van der Waals surface area contributed by atoms with Gasteiger partial charge in [0.25, 0.3) is 0 Å². The number of hydrogen-bond acceptors (Lipinski definition) is 5. The van der Waals surface area contributed by atoms with Crippen molar-refractivity contribution in [2.24, 2.45) is 5.84 Å². The molecular weight excluding hydrogens is 232 g/mol. The minimum absolute atomic E-state index is 0.0322. The van der Waals surface area contributed by atoms with Gasteiger partial charge in [0.05, 0.1) is 21.3 Å². The third-order valence-electron chi connectivity index (χ3n) is 2.89. The molecule has 0 saturated carbocycles. The molecule has 0 fully saturated rings. The zero-order valence-corrected chi connectivity index (χ0v) is 11.4. The SMILES string of the molecule is CCCC(NN)c1ccc(OC)c(OC)c1OC. The minimum Gasteiger partial charge on any atom is -0.493 e. The van der Waals surface area contributed by atoms with Gasteiger partial charge in [0.2, 0.25) is 5.75 Å². The Balaban J connectivity index is 3.26. The van der Waals surface area contributed by atoms with Gasteiger partial charge in [-0.05, 0) is 18.6 Å². The first-order chi connectivity index (χ1) is 8.73. The molecule has 0 bridgehead atoms. The largest absolute Gasteiger partial charge is 0.493 e. The van der Waals surface area contributed by atoms with Gasteiger partial charge in [-0.2, -0.15) is 0 Å². The molecule has 5 heteroatoms. The van der Waals surface area contributed by atoms with E-state index in [1.807, 2.05) is 12.1 Å². The quantitative estimate of drug-likeness (QED) is 0.575. The highest BCUT2D eigenvalue weighted by molar-refractivity contribution is 5.56. The smallest absolute Gasteiger partial charge is 0.203 e. The normalized spacial score (nSPS) is 12.1. The van der Waals surface area contributed by atoms with Crippen LogP contribution in [0, 0.1) is 0 Å². The van der Waals surface area contributed by atoms with Gasteiger partial charge in [0.1, 0.15) is 0 Å². The number of methoxy groups -OCH3 is 3. The first kappa shape index (κ1) is 14.6. The topological polar surface area (TPSA) is 65.7 Å². The molecule has 1 atom stereocenters. The van der Waals surface area contributed by atoms with Crippen molar-refractivity contribution in [3.63, 3.8) is 0 Å². The van der Waals surface area contributed by atoms with Crippen molar-refractivity contribution < 1.29 is 14.2 Å². The van der Waals surface area contributed by atoms with Crippen LogP contribution in [-0.2, 0) is 0 Å². The Morgan fingerprint density at radius 3 is 2.22 bits per heavy atom. The van der Waals surface area contributed by atoms with E-state index in [0.717, 1.165) is 18.4 Å². The fraction of sp³-hybridized carbons (Fsp3) is 0.538. The molecular formula is C13H22N2O3. The number of ether oxygens (including phenoxy) is 3. The van der Waals surface area contributed by atoms with Crippen molar-refractivity contribution in [3.05, 3.63) is 17.7 Å². The summed E-state index contributed by atoms with van der Waals surface area (Å²) in [5, 5.41) is 0. The highest BCUT2D eigenvalue weighted by Gasteiger charge is 2.20. The molecule has 0 amide bonds. The highest BCUT2D eigenvalue weighted by atomic mass is 16.5. The summed E-state index contributed by atoms with van der Waals surface area (Å²) in [7, 11) is 4.80. The molecule has 0 aliphatic rings. The van der Waals surface area contributed by atoms with Gasteiger partial charge >= 0.3 is 0 Å². The first-order valence-corrected chi connectivity index (χ1v) is 5.98. The maximum absolute atomic E-state index is 5.60. The average Bonchev–Trinajstić information content (AvgIpc) is 2.42. The van der Waals surface area contributed by atoms with Crippen LogP contribution in [0.15, 0.2) is 12.1 Å². The average molecular weight is 254 g/mol. The van der Waals surface area contributed by atoms with Gasteiger partial charge in [-0.15, -0.1) is 0 Å². The van der Waals surface area contributed by atoms with Crippen LogP contribution in [0.1, 0.15) is 31.4 Å². The number of nitrogens with one attached hydrogen (secondary N) is 1. The van der Waals surface area contributed by atoms with Crippen LogP contribution >= 0.6 is 0 Å². The molecule has 0 radical (unpaired) electrons.